The topological polar surface area (TPSA) is 58.0 Å². The highest BCUT2D eigenvalue weighted by Crippen LogP contribution is 2.27. The van der Waals surface area contributed by atoms with Gasteiger partial charge in [0.15, 0.2) is 5.84 Å². The van der Waals surface area contributed by atoms with Gasteiger partial charge in [0.25, 0.3) is 0 Å². The third-order valence-electron chi connectivity index (χ3n) is 4.26. The molecule has 0 spiro atoms. The first-order valence-electron chi connectivity index (χ1n) is 8.48. The number of hydrogen-bond donors (Lipinski definition) is 1. The van der Waals surface area contributed by atoms with Gasteiger partial charge in [-0.25, -0.2) is 4.98 Å². The predicted molar refractivity (Wildman–Crippen MR) is 101 cm³/mol. The first kappa shape index (κ1) is 17.6. The van der Waals surface area contributed by atoms with Gasteiger partial charge in [-0.1, -0.05) is 5.16 Å². The van der Waals surface area contributed by atoms with Gasteiger partial charge in [-0.15, -0.1) is 11.8 Å². The minimum absolute atomic E-state index is 0.468. The molecule has 1 aromatic carbocycles. The van der Waals surface area contributed by atoms with Crippen LogP contribution in [-0.4, -0.2) is 40.3 Å². The van der Waals surface area contributed by atoms with Crippen LogP contribution < -0.4 is 4.74 Å². The van der Waals surface area contributed by atoms with Crippen LogP contribution in [0.5, 0.6) is 11.6 Å². The summed E-state index contributed by atoms with van der Waals surface area (Å²) < 4.78 is 6.02. The van der Waals surface area contributed by atoms with Crippen LogP contribution in [0.25, 0.3) is 0 Å². The van der Waals surface area contributed by atoms with Gasteiger partial charge in [-0.3, -0.25) is 0 Å². The molecule has 5 nitrogen and oxygen atoms in total. The Bertz CT molecular complexity index is 741. The molecule has 0 atom stereocenters. The number of thioether (sulfide) groups is 1. The summed E-state index contributed by atoms with van der Waals surface area (Å²) in [6.45, 7) is 3.69. The molecular weight excluding hydrogens is 334 g/mol. The molecule has 0 saturated carbocycles. The maximum absolute atomic E-state index is 9.62. The SMILES string of the molecule is CSc1ccc(Oc2nc(C)ccc2/C(=N/O)N2CCCCC2)cc1. The lowest BCUT2D eigenvalue weighted by Crippen LogP contribution is -2.36. The van der Waals surface area contributed by atoms with Crippen LogP contribution in [0.1, 0.15) is 30.5 Å². The van der Waals surface area contributed by atoms with Crippen LogP contribution in [0.3, 0.4) is 0 Å². The third-order valence-corrected chi connectivity index (χ3v) is 5.01. The van der Waals surface area contributed by atoms with E-state index in [9.17, 15) is 5.21 Å². The Morgan fingerprint density at radius 1 is 1.12 bits per heavy atom. The van der Waals surface area contributed by atoms with Crippen LogP contribution in [0.2, 0.25) is 0 Å². The number of rotatable bonds is 4. The highest BCUT2D eigenvalue weighted by molar-refractivity contribution is 7.98. The smallest absolute Gasteiger partial charge is 0.230 e. The summed E-state index contributed by atoms with van der Waals surface area (Å²) in [6.07, 6.45) is 5.46. The molecule has 2 aromatic rings. The number of benzene rings is 1. The molecule has 132 valence electrons. The number of pyridine rings is 1. The molecule has 0 unspecified atom stereocenters. The highest BCUT2D eigenvalue weighted by atomic mass is 32.2. The summed E-state index contributed by atoms with van der Waals surface area (Å²) in [7, 11) is 0. The Labute approximate surface area is 152 Å². The molecule has 2 heterocycles. The number of aromatic nitrogens is 1. The van der Waals surface area contributed by atoms with Crippen LogP contribution in [0.4, 0.5) is 0 Å². The number of aryl methyl sites for hydroxylation is 1. The van der Waals surface area contributed by atoms with E-state index in [0.29, 0.717) is 23.0 Å². The highest BCUT2D eigenvalue weighted by Gasteiger charge is 2.22. The second-order valence-corrected chi connectivity index (χ2v) is 6.93. The molecule has 1 fully saturated rings. The van der Waals surface area contributed by atoms with E-state index < -0.39 is 0 Å². The first-order chi connectivity index (χ1) is 12.2. The zero-order chi connectivity index (χ0) is 17.6. The van der Waals surface area contributed by atoms with Gasteiger partial charge in [-0.2, -0.15) is 0 Å². The maximum atomic E-state index is 9.62. The number of piperidine rings is 1. The molecule has 6 heteroatoms. The van der Waals surface area contributed by atoms with E-state index in [2.05, 4.69) is 15.0 Å². The van der Waals surface area contributed by atoms with Crippen molar-refractivity contribution in [1.29, 1.82) is 0 Å². The fourth-order valence-corrected chi connectivity index (χ4v) is 3.34. The molecule has 1 aliphatic heterocycles. The molecule has 1 saturated heterocycles. The Morgan fingerprint density at radius 2 is 1.84 bits per heavy atom. The number of amidine groups is 1. The number of ether oxygens (including phenoxy) is 1. The van der Waals surface area contributed by atoms with E-state index in [1.54, 1.807) is 11.8 Å². The van der Waals surface area contributed by atoms with Gasteiger partial charge in [-0.05, 0) is 68.8 Å². The third kappa shape index (κ3) is 4.25. The van der Waals surface area contributed by atoms with E-state index in [0.717, 1.165) is 31.6 Å². The lowest BCUT2D eigenvalue weighted by atomic mass is 10.1. The molecule has 0 bridgehead atoms. The molecule has 0 aliphatic carbocycles. The second kappa shape index (κ2) is 8.25. The number of likely N-dealkylation sites (tertiary alicyclic amines) is 1. The molecule has 1 aliphatic rings. The normalized spacial score (nSPS) is 15.3. The summed E-state index contributed by atoms with van der Waals surface area (Å²) in [5, 5.41) is 13.2. The standard InChI is InChI=1S/C19H23N3O2S/c1-14-6-11-17(18(21-23)22-12-4-3-5-13-22)19(20-14)24-15-7-9-16(25-2)10-8-15/h6-11,23H,3-5,12-13H2,1-2H3/b21-18-. The van der Waals surface area contributed by atoms with Crippen LogP contribution >= 0.6 is 11.8 Å². The number of hydrogen-bond acceptors (Lipinski definition) is 5. The van der Waals surface area contributed by atoms with Crippen LogP contribution in [-0.2, 0) is 0 Å². The van der Waals surface area contributed by atoms with Gasteiger partial charge in [0.1, 0.15) is 5.75 Å². The van der Waals surface area contributed by atoms with Crippen molar-refractivity contribution in [3.05, 3.63) is 47.7 Å². The molecule has 3 rings (SSSR count). The maximum Gasteiger partial charge on any atom is 0.230 e. The summed E-state index contributed by atoms with van der Waals surface area (Å²) in [6, 6.07) is 11.7. The quantitative estimate of drug-likeness (QED) is 0.286. The summed E-state index contributed by atoms with van der Waals surface area (Å²) in [4.78, 5) is 7.80. The van der Waals surface area contributed by atoms with Gasteiger partial charge < -0.3 is 14.8 Å². The Kier molecular flexibility index (Phi) is 5.81. The van der Waals surface area contributed by atoms with E-state index in [1.165, 1.54) is 11.3 Å². The molecule has 0 radical (unpaired) electrons. The van der Waals surface area contributed by atoms with Gasteiger partial charge in [0.05, 0.1) is 5.56 Å². The average molecular weight is 357 g/mol. The van der Waals surface area contributed by atoms with Crippen molar-refractivity contribution in [1.82, 2.24) is 9.88 Å². The Morgan fingerprint density at radius 3 is 2.48 bits per heavy atom. The van der Waals surface area contributed by atoms with E-state index in [-0.39, 0.29) is 0 Å². The van der Waals surface area contributed by atoms with Gasteiger partial charge >= 0.3 is 0 Å². The fraction of sp³-hybridized carbons (Fsp3) is 0.368. The minimum Gasteiger partial charge on any atom is -0.438 e. The zero-order valence-corrected chi connectivity index (χ0v) is 15.4. The van der Waals surface area contributed by atoms with Crippen molar-refractivity contribution in [2.75, 3.05) is 19.3 Å². The van der Waals surface area contributed by atoms with Crippen LogP contribution in [0, 0.1) is 6.92 Å². The second-order valence-electron chi connectivity index (χ2n) is 6.05. The van der Waals surface area contributed by atoms with E-state index in [4.69, 9.17) is 4.74 Å². The largest absolute Gasteiger partial charge is 0.438 e. The van der Waals surface area contributed by atoms with E-state index >= 15 is 0 Å². The minimum atomic E-state index is 0.468. The average Bonchev–Trinajstić information content (AvgIpc) is 2.65. The molecule has 25 heavy (non-hydrogen) atoms. The van der Waals surface area contributed by atoms with Crippen LogP contribution in [0.15, 0.2) is 46.4 Å². The predicted octanol–water partition coefficient (Wildman–Crippen LogP) is 4.53. The first-order valence-corrected chi connectivity index (χ1v) is 9.70. The summed E-state index contributed by atoms with van der Waals surface area (Å²) >= 11 is 1.69. The molecular formula is C19H23N3O2S. The number of nitrogens with zero attached hydrogens (tertiary/aromatic N) is 3. The Balaban J connectivity index is 1.91. The fourth-order valence-electron chi connectivity index (χ4n) is 2.93. The van der Waals surface area contributed by atoms with Gasteiger partial charge in [0.2, 0.25) is 5.88 Å². The summed E-state index contributed by atoms with van der Waals surface area (Å²) in [5.41, 5.74) is 1.57. The summed E-state index contributed by atoms with van der Waals surface area (Å²) in [5.74, 6) is 1.71. The number of oxime groups is 1. The van der Waals surface area contributed by atoms with Crippen molar-refractivity contribution in [3.63, 3.8) is 0 Å². The molecule has 1 N–H and O–H groups in total. The van der Waals surface area contributed by atoms with Crippen molar-refractivity contribution in [3.8, 4) is 11.6 Å². The lowest BCUT2D eigenvalue weighted by Gasteiger charge is -2.29. The van der Waals surface area contributed by atoms with Crippen molar-refractivity contribution >= 4 is 17.6 Å². The van der Waals surface area contributed by atoms with Crippen molar-refractivity contribution in [2.45, 2.75) is 31.1 Å². The van der Waals surface area contributed by atoms with Crippen molar-refractivity contribution in [2.24, 2.45) is 5.16 Å². The zero-order valence-electron chi connectivity index (χ0n) is 14.6. The molecule has 0 amide bonds. The van der Waals surface area contributed by atoms with Gasteiger partial charge in [0, 0.05) is 23.7 Å². The lowest BCUT2D eigenvalue weighted by molar-refractivity contribution is 0.285. The Hall–Kier alpha value is -2.21. The van der Waals surface area contributed by atoms with Crippen molar-refractivity contribution < 1.29 is 9.94 Å². The van der Waals surface area contributed by atoms with E-state index in [1.807, 2.05) is 49.6 Å². The monoisotopic (exact) mass is 357 g/mol. The molecule has 1 aromatic heterocycles.